The Morgan fingerprint density at radius 3 is 2.79 bits per heavy atom. The van der Waals surface area contributed by atoms with Crippen molar-refractivity contribution in [1.29, 1.82) is 0 Å². The molecule has 1 atom stereocenters. The molecule has 2 aromatic rings. The van der Waals surface area contributed by atoms with Gasteiger partial charge in [-0.2, -0.15) is 4.98 Å². The van der Waals surface area contributed by atoms with Crippen molar-refractivity contribution < 1.29 is 4.79 Å². The zero-order chi connectivity index (χ0) is 19.9. The summed E-state index contributed by atoms with van der Waals surface area (Å²) < 4.78 is 0. The normalized spacial score (nSPS) is 18.7. The van der Waals surface area contributed by atoms with Gasteiger partial charge in [0.1, 0.15) is 5.82 Å². The molecule has 2 aliphatic rings. The van der Waals surface area contributed by atoms with Crippen LogP contribution in [0, 0.1) is 0 Å². The number of anilines is 2. The first-order valence-electron chi connectivity index (χ1n) is 9.35. The van der Waals surface area contributed by atoms with Gasteiger partial charge < -0.3 is 10.2 Å². The van der Waals surface area contributed by atoms with Gasteiger partial charge in [0.2, 0.25) is 11.9 Å². The Morgan fingerprint density at radius 2 is 2.07 bits per heavy atom. The molecule has 0 fully saturated rings. The van der Waals surface area contributed by atoms with Crippen LogP contribution in [0.15, 0.2) is 54.6 Å². The molecule has 7 nitrogen and oxygen atoms in total. The SMILES string of the molecule is CC(c1ccccn1)N1C(=O)C(C)(C)c2cnc(NC3=CN(C)CC=C3)nc21. The van der Waals surface area contributed by atoms with E-state index in [1.54, 1.807) is 17.3 Å². The number of allylic oxidation sites excluding steroid dienone is 1. The topological polar surface area (TPSA) is 74.2 Å². The third-order valence-electron chi connectivity index (χ3n) is 5.23. The number of hydrogen-bond acceptors (Lipinski definition) is 6. The summed E-state index contributed by atoms with van der Waals surface area (Å²) in [4.78, 5) is 30.6. The number of fused-ring (bicyclic) bond motifs is 1. The molecule has 1 N–H and O–H groups in total. The third-order valence-corrected chi connectivity index (χ3v) is 5.23. The van der Waals surface area contributed by atoms with E-state index in [1.807, 2.05) is 58.3 Å². The van der Waals surface area contributed by atoms with E-state index in [4.69, 9.17) is 4.98 Å². The fraction of sp³-hybridized carbons (Fsp3) is 0.333. The van der Waals surface area contributed by atoms with Crippen LogP contribution in [0.4, 0.5) is 11.8 Å². The van der Waals surface area contributed by atoms with Crippen LogP contribution >= 0.6 is 0 Å². The molecule has 0 spiro atoms. The Labute approximate surface area is 164 Å². The van der Waals surface area contributed by atoms with Crippen LogP contribution in [0.3, 0.4) is 0 Å². The molecule has 1 unspecified atom stereocenters. The Balaban J connectivity index is 1.72. The summed E-state index contributed by atoms with van der Waals surface area (Å²) in [6.07, 6.45) is 9.56. The van der Waals surface area contributed by atoms with Crippen LogP contribution in [-0.4, -0.2) is 39.4 Å². The largest absolute Gasteiger partial charge is 0.375 e. The van der Waals surface area contributed by atoms with Crippen LogP contribution in [0.5, 0.6) is 0 Å². The number of hydrogen-bond donors (Lipinski definition) is 1. The molecule has 7 heteroatoms. The van der Waals surface area contributed by atoms with E-state index in [2.05, 4.69) is 26.3 Å². The summed E-state index contributed by atoms with van der Waals surface area (Å²) in [5.41, 5.74) is 1.88. The van der Waals surface area contributed by atoms with E-state index < -0.39 is 5.41 Å². The minimum Gasteiger partial charge on any atom is -0.375 e. The van der Waals surface area contributed by atoms with E-state index in [1.165, 1.54) is 0 Å². The maximum atomic E-state index is 13.2. The maximum Gasteiger partial charge on any atom is 0.239 e. The van der Waals surface area contributed by atoms with Crippen LogP contribution in [0.2, 0.25) is 0 Å². The lowest BCUT2D eigenvalue weighted by atomic mass is 9.88. The zero-order valence-electron chi connectivity index (χ0n) is 16.5. The summed E-state index contributed by atoms with van der Waals surface area (Å²) in [6, 6.07) is 5.50. The highest BCUT2D eigenvalue weighted by Gasteiger charge is 2.47. The Kier molecular flexibility index (Phi) is 4.37. The molecular formula is C21H24N6O. The molecule has 0 aliphatic carbocycles. The van der Waals surface area contributed by atoms with Crippen molar-refractivity contribution in [2.75, 3.05) is 23.8 Å². The minimum atomic E-state index is -0.679. The molecule has 0 aromatic carbocycles. The third kappa shape index (κ3) is 3.02. The Hall–Kier alpha value is -3.22. The number of likely N-dealkylation sites (N-methyl/N-ethyl adjacent to an activating group) is 1. The van der Waals surface area contributed by atoms with Crippen LogP contribution in [0.1, 0.15) is 38.1 Å². The molecule has 0 saturated carbocycles. The highest BCUT2D eigenvalue weighted by atomic mass is 16.2. The van der Waals surface area contributed by atoms with E-state index >= 15 is 0 Å². The molecular weight excluding hydrogens is 352 g/mol. The number of rotatable bonds is 4. The van der Waals surface area contributed by atoms with Crippen molar-refractivity contribution >= 4 is 17.7 Å². The van der Waals surface area contributed by atoms with E-state index in [9.17, 15) is 4.79 Å². The summed E-state index contributed by atoms with van der Waals surface area (Å²) in [5.74, 6) is 1.11. The first-order chi connectivity index (χ1) is 13.4. The lowest BCUT2D eigenvalue weighted by molar-refractivity contribution is -0.122. The van der Waals surface area contributed by atoms with Gasteiger partial charge in [0, 0.05) is 37.7 Å². The monoisotopic (exact) mass is 376 g/mol. The van der Waals surface area contributed by atoms with Crippen molar-refractivity contribution in [1.82, 2.24) is 19.9 Å². The van der Waals surface area contributed by atoms with Crippen molar-refractivity contribution in [2.45, 2.75) is 32.2 Å². The molecule has 144 valence electrons. The van der Waals surface area contributed by atoms with Gasteiger partial charge >= 0.3 is 0 Å². The Bertz CT molecular complexity index is 966. The quantitative estimate of drug-likeness (QED) is 0.884. The van der Waals surface area contributed by atoms with Crippen molar-refractivity contribution in [3.8, 4) is 0 Å². The summed E-state index contributed by atoms with van der Waals surface area (Å²) in [7, 11) is 2.01. The lowest BCUT2D eigenvalue weighted by Gasteiger charge is -2.26. The fourth-order valence-electron chi connectivity index (χ4n) is 3.57. The highest BCUT2D eigenvalue weighted by Crippen LogP contribution is 2.44. The minimum absolute atomic E-state index is 0.00335. The van der Waals surface area contributed by atoms with E-state index in [0.29, 0.717) is 11.8 Å². The van der Waals surface area contributed by atoms with Gasteiger partial charge in [-0.1, -0.05) is 12.1 Å². The van der Waals surface area contributed by atoms with Gasteiger partial charge in [-0.3, -0.25) is 14.7 Å². The average molecular weight is 376 g/mol. The molecule has 2 aliphatic heterocycles. The second-order valence-corrected chi connectivity index (χ2v) is 7.71. The first-order valence-corrected chi connectivity index (χ1v) is 9.35. The molecule has 4 rings (SSSR count). The smallest absolute Gasteiger partial charge is 0.239 e. The second kappa shape index (κ2) is 6.74. The van der Waals surface area contributed by atoms with Gasteiger partial charge in [-0.25, -0.2) is 4.98 Å². The van der Waals surface area contributed by atoms with Gasteiger partial charge in [-0.15, -0.1) is 0 Å². The number of amides is 1. The van der Waals surface area contributed by atoms with E-state index in [-0.39, 0.29) is 11.9 Å². The number of carbonyl (C=O) groups excluding carboxylic acids is 1. The van der Waals surface area contributed by atoms with E-state index in [0.717, 1.165) is 23.5 Å². The number of nitrogens with zero attached hydrogens (tertiary/aromatic N) is 5. The van der Waals surface area contributed by atoms with Crippen molar-refractivity contribution in [3.05, 3.63) is 65.9 Å². The summed E-state index contributed by atoms with van der Waals surface area (Å²) >= 11 is 0. The van der Waals surface area contributed by atoms with Crippen LogP contribution in [0.25, 0.3) is 0 Å². The molecule has 4 heterocycles. The van der Waals surface area contributed by atoms with Gasteiger partial charge in [0.15, 0.2) is 0 Å². The van der Waals surface area contributed by atoms with Gasteiger partial charge in [-0.05, 0) is 39.0 Å². The van der Waals surface area contributed by atoms with Crippen molar-refractivity contribution in [3.63, 3.8) is 0 Å². The summed E-state index contributed by atoms with van der Waals surface area (Å²) in [6.45, 7) is 6.67. The first kappa shape index (κ1) is 18.2. The van der Waals surface area contributed by atoms with Crippen LogP contribution in [-0.2, 0) is 10.2 Å². The molecule has 2 aromatic heterocycles. The molecule has 0 radical (unpaired) electrons. The van der Waals surface area contributed by atoms with Crippen LogP contribution < -0.4 is 10.2 Å². The fourth-order valence-corrected chi connectivity index (χ4v) is 3.57. The number of carbonyl (C=O) groups is 1. The average Bonchev–Trinajstić information content (AvgIpc) is 2.88. The van der Waals surface area contributed by atoms with Gasteiger partial charge in [0.05, 0.1) is 22.8 Å². The highest BCUT2D eigenvalue weighted by molar-refractivity contribution is 6.07. The standard InChI is InChI=1S/C21H24N6O/c1-14(17-9-5-6-10-22-17)27-18-16(21(2,3)19(27)28)12-23-20(25-18)24-15-8-7-11-26(4)13-15/h5-10,12-14H,11H2,1-4H3,(H,23,24,25). The maximum absolute atomic E-state index is 13.2. The Morgan fingerprint density at radius 1 is 1.25 bits per heavy atom. The molecule has 0 saturated heterocycles. The predicted octanol–water partition coefficient (Wildman–Crippen LogP) is 3.01. The number of aromatic nitrogens is 3. The molecule has 28 heavy (non-hydrogen) atoms. The number of nitrogens with one attached hydrogen (secondary N) is 1. The lowest BCUT2D eigenvalue weighted by Crippen LogP contribution is -2.38. The summed E-state index contributed by atoms with van der Waals surface area (Å²) in [5, 5.41) is 3.24. The second-order valence-electron chi connectivity index (χ2n) is 7.71. The molecule has 0 bridgehead atoms. The predicted molar refractivity (Wildman–Crippen MR) is 109 cm³/mol. The van der Waals surface area contributed by atoms with Gasteiger partial charge in [0.25, 0.3) is 0 Å². The zero-order valence-corrected chi connectivity index (χ0v) is 16.5. The molecule has 1 amide bonds. The van der Waals surface area contributed by atoms with Crippen molar-refractivity contribution in [2.24, 2.45) is 0 Å². The number of pyridine rings is 1.